The summed E-state index contributed by atoms with van der Waals surface area (Å²) < 4.78 is 5.60. The van der Waals surface area contributed by atoms with E-state index in [1.54, 1.807) is 24.3 Å². The van der Waals surface area contributed by atoms with Crippen molar-refractivity contribution in [3.8, 4) is 11.5 Å². The highest BCUT2D eigenvalue weighted by atomic mass is 79.9. The number of halogens is 2. The first-order chi connectivity index (χ1) is 11.9. The summed E-state index contributed by atoms with van der Waals surface area (Å²) in [5.41, 5.74) is 1.03. The van der Waals surface area contributed by atoms with Crippen LogP contribution in [0.15, 0.2) is 46.6 Å². The van der Waals surface area contributed by atoms with Crippen molar-refractivity contribution < 1.29 is 19.4 Å². The van der Waals surface area contributed by atoms with Crippen molar-refractivity contribution in [3.05, 3.63) is 57.2 Å². The largest absolute Gasteiger partial charge is 0.504 e. The van der Waals surface area contributed by atoms with E-state index < -0.39 is 11.9 Å². The molecule has 0 atom stereocenters. The van der Waals surface area contributed by atoms with Gasteiger partial charge in [0.15, 0.2) is 11.5 Å². The standard InChI is InChI=1S/C17H12BrClN2O4/c1-25-15-6-9(12(18)8-14(15)22)5-13-16(23)21(17(24)20-13)11-4-2-3-10(19)7-11/h2-8,22H,1H3,(H,20,24)/b13-5+. The van der Waals surface area contributed by atoms with Crippen molar-refractivity contribution in [1.29, 1.82) is 0 Å². The van der Waals surface area contributed by atoms with Crippen LogP contribution >= 0.6 is 27.5 Å². The Morgan fingerprint density at radius 3 is 2.72 bits per heavy atom. The summed E-state index contributed by atoms with van der Waals surface area (Å²) in [6, 6.07) is 8.88. The number of nitrogens with zero attached hydrogens (tertiary/aromatic N) is 1. The molecule has 0 radical (unpaired) electrons. The molecule has 3 rings (SSSR count). The van der Waals surface area contributed by atoms with E-state index >= 15 is 0 Å². The average molecular weight is 424 g/mol. The monoisotopic (exact) mass is 422 g/mol. The normalized spacial score (nSPS) is 15.6. The Morgan fingerprint density at radius 2 is 2.04 bits per heavy atom. The number of ether oxygens (including phenoxy) is 1. The molecule has 1 aliphatic heterocycles. The first-order valence-electron chi connectivity index (χ1n) is 7.10. The van der Waals surface area contributed by atoms with Crippen molar-refractivity contribution in [2.75, 3.05) is 12.0 Å². The molecule has 0 aliphatic carbocycles. The van der Waals surface area contributed by atoms with Crippen LogP contribution in [0, 0.1) is 0 Å². The van der Waals surface area contributed by atoms with Crippen molar-refractivity contribution in [1.82, 2.24) is 5.32 Å². The van der Waals surface area contributed by atoms with E-state index in [1.165, 1.54) is 25.3 Å². The maximum atomic E-state index is 12.6. The van der Waals surface area contributed by atoms with Crippen molar-refractivity contribution in [2.45, 2.75) is 0 Å². The molecular formula is C17H12BrClN2O4. The third-order valence-electron chi connectivity index (χ3n) is 3.54. The van der Waals surface area contributed by atoms with Crippen molar-refractivity contribution >= 4 is 51.2 Å². The summed E-state index contributed by atoms with van der Waals surface area (Å²) in [5.74, 6) is -0.302. The van der Waals surface area contributed by atoms with Gasteiger partial charge in [-0.2, -0.15) is 0 Å². The molecule has 6 nitrogen and oxygen atoms in total. The number of phenols is 1. The average Bonchev–Trinajstić information content (AvgIpc) is 2.84. The fourth-order valence-electron chi connectivity index (χ4n) is 2.37. The fraction of sp³-hybridized carbons (Fsp3) is 0.0588. The van der Waals surface area contributed by atoms with E-state index in [-0.39, 0.29) is 17.2 Å². The molecule has 0 aromatic heterocycles. The van der Waals surface area contributed by atoms with E-state index in [1.807, 2.05) is 0 Å². The van der Waals surface area contributed by atoms with Crippen LogP contribution in [0.25, 0.3) is 6.08 Å². The number of urea groups is 1. The van der Waals surface area contributed by atoms with Gasteiger partial charge in [0.2, 0.25) is 0 Å². The lowest BCUT2D eigenvalue weighted by Gasteiger charge is -2.11. The number of imide groups is 1. The fourth-order valence-corrected chi connectivity index (χ4v) is 3.00. The zero-order chi connectivity index (χ0) is 18.1. The van der Waals surface area contributed by atoms with Gasteiger partial charge in [-0.1, -0.05) is 33.6 Å². The van der Waals surface area contributed by atoms with Crippen molar-refractivity contribution in [3.63, 3.8) is 0 Å². The van der Waals surface area contributed by atoms with E-state index in [4.69, 9.17) is 16.3 Å². The van der Waals surface area contributed by atoms with Gasteiger partial charge >= 0.3 is 6.03 Å². The van der Waals surface area contributed by atoms with Crippen LogP contribution in [0.1, 0.15) is 5.56 Å². The number of nitrogens with one attached hydrogen (secondary N) is 1. The summed E-state index contributed by atoms with van der Waals surface area (Å²) >= 11 is 9.23. The molecule has 0 spiro atoms. The molecular weight excluding hydrogens is 412 g/mol. The molecule has 1 fully saturated rings. The highest BCUT2D eigenvalue weighted by Crippen LogP contribution is 2.34. The van der Waals surface area contributed by atoms with Gasteiger partial charge in [0.05, 0.1) is 12.8 Å². The highest BCUT2D eigenvalue weighted by molar-refractivity contribution is 9.10. The third-order valence-corrected chi connectivity index (χ3v) is 4.46. The maximum Gasteiger partial charge on any atom is 0.333 e. The maximum absolute atomic E-state index is 12.6. The van der Waals surface area contributed by atoms with Crippen molar-refractivity contribution in [2.24, 2.45) is 0 Å². The second-order valence-corrected chi connectivity index (χ2v) is 6.44. The zero-order valence-electron chi connectivity index (χ0n) is 12.9. The first-order valence-corrected chi connectivity index (χ1v) is 8.27. The highest BCUT2D eigenvalue weighted by Gasteiger charge is 2.35. The minimum absolute atomic E-state index is 0.0427. The molecule has 1 heterocycles. The smallest absolute Gasteiger partial charge is 0.333 e. The minimum Gasteiger partial charge on any atom is -0.504 e. The van der Waals surface area contributed by atoms with E-state index in [9.17, 15) is 14.7 Å². The molecule has 0 bridgehead atoms. The van der Waals surface area contributed by atoms with Crippen LogP contribution in [0.4, 0.5) is 10.5 Å². The number of phenolic OH excluding ortho intramolecular Hbond substituents is 1. The van der Waals surface area contributed by atoms with Gasteiger partial charge in [-0.25, -0.2) is 9.69 Å². The summed E-state index contributed by atoms with van der Waals surface area (Å²) in [5, 5.41) is 12.7. The van der Waals surface area contributed by atoms with E-state index in [2.05, 4.69) is 21.2 Å². The van der Waals surface area contributed by atoms with Gasteiger partial charge in [-0.3, -0.25) is 4.79 Å². The number of carbonyl (C=O) groups excluding carboxylic acids is 2. The zero-order valence-corrected chi connectivity index (χ0v) is 15.3. The Kier molecular flexibility index (Phi) is 4.69. The van der Waals surface area contributed by atoms with Crippen LogP contribution in [-0.4, -0.2) is 24.2 Å². The number of rotatable bonds is 3. The van der Waals surface area contributed by atoms with Crippen LogP contribution in [0.5, 0.6) is 11.5 Å². The number of methoxy groups -OCH3 is 1. The molecule has 0 unspecified atom stereocenters. The lowest BCUT2D eigenvalue weighted by Crippen LogP contribution is -2.30. The number of benzene rings is 2. The van der Waals surface area contributed by atoms with Crippen LogP contribution < -0.4 is 15.0 Å². The van der Waals surface area contributed by atoms with Gasteiger partial charge in [-0.05, 0) is 42.0 Å². The summed E-state index contributed by atoms with van der Waals surface area (Å²) in [4.78, 5) is 25.8. The van der Waals surface area contributed by atoms with Gasteiger partial charge in [0.1, 0.15) is 5.70 Å². The summed E-state index contributed by atoms with van der Waals surface area (Å²) in [7, 11) is 1.42. The SMILES string of the molecule is COc1cc(/C=C2/NC(=O)N(c3cccc(Cl)c3)C2=O)c(Br)cc1O. The predicted octanol–water partition coefficient (Wildman–Crippen LogP) is 3.91. The predicted molar refractivity (Wildman–Crippen MR) is 97.8 cm³/mol. The second-order valence-electron chi connectivity index (χ2n) is 5.15. The molecule has 8 heteroatoms. The molecule has 2 aromatic carbocycles. The third kappa shape index (κ3) is 3.33. The van der Waals surface area contributed by atoms with Crippen LogP contribution in [0.2, 0.25) is 5.02 Å². The molecule has 1 aliphatic rings. The van der Waals surface area contributed by atoms with Crippen LogP contribution in [0.3, 0.4) is 0 Å². The quantitative estimate of drug-likeness (QED) is 0.579. The Hall–Kier alpha value is -2.51. The van der Waals surface area contributed by atoms with Gasteiger partial charge < -0.3 is 15.2 Å². The molecule has 1 saturated heterocycles. The Morgan fingerprint density at radius 1 is 1.28 bits per heavy atom. The van der Waals surface area contributed by atoms with E-state index in [0.717, 1.165) is 4.90 Å². The first kappa shape index (κ1) is 17.3. The Balaban J connectivity index is 1.99. The lowest BCUT2D eigenvalue weighted by atomic mass is 10.1. The molecule has 3 amide bonds. The number of amides is 3. The number of aromatic hydroxyl groups is 1. The second kappa shape index (κ2) is 6.78. The minimum atomic E-state index is -0.569. The number of hydrogen-bond donors (Lipinski definition) is 2. The Labute approximate surface area is 156 Å². The summed E-state index contributed by atoms with van der Waals surface area (Å²) in [6.45, 7) is 0. The number of carbonyl (C=O) groups is 2. The topological polar surface area (TPSA) is 78.9 Å². The number of hydrogen-bond acceptors (Lipinski definition) is 4. The number of anilines is 1. The van der Waals surface area contributed by atoms with Crippen LogP contribution in [-0.2, 0) is 4.79 Å². The molecule has 2 N–H and O–H groups in total. The molecule has 25 heavy (non-hydrogen) atoms. The van der Waals surface area contributed by atoms with Gasteiger partial charge in [0, 0.05) is 9.50 Å². The van der Waals surface area contributed by atoms with Gasteiger partial charge in [0.25, 0.3) is 5.91 Å². The van der Waals surface area contributed by atoms with E-state index in [0.29, 0.717) is 20.7 Å². The molecule has 128 valence electrons. The summed E-state index contributed by atoms with van der Waals surface area (Å²) in [6.07, 6.45) is 1.50. The molecule has 2 aromatic rings. The lowest BCUT2D eigenvalue weighted by molar-refractivity contribution is -0.113. The molecule has 0 saturated carbocycles. The Bertz CT molecular complexity index is 914. The van der Waals surface area contributed by atoms with Gasteiger partial charge in [-0.15, -0.1) is 0 Å².